The van der Waals surface area contributed by atoms with E-state index in [9.17, 15) is 13.2 Å². The lowest BCUT2D eigenvalue weighted by atomic mass is 10.1. The van der Waals surface area contributed by atoms with Gasteiger partial charge in [-0.25, -0.2) is 0 Å². The molecule has 0 fully saturated rings. The summed E-state index contributed by atoms with van der Waals surface area (Å²) in [5.41, 5.74) is -0.177. The maximum absolute atomic E-state index is 12.7. The fourth-order valence-corrected chi connectivity index (χ4v) is 1.03. The summed E-state index contributed by atoms with van der Waals surface area (Å²) in [5.74, 6) is 0. The Morgan fingerprint density at radius 1 is 1.31 bits per heavy atom. The fraction of sp³-hybridized carbons (Fsp3) is 0.667. The van der Waals surface area contributed by atoms with Crippen molar-refractivity contribution in [1.29, 1.82) is 0 Å². The van der Waals surface area contributed by atoms with E-state index in [1.54, 1.807) is 18.9 Å². The quantitative estimate of drug-likeness (QED) is 0.662. The van der Waals surface area contributed by atoms with Gasteiger partial charge in [-0.05, 0) is 39.5 Å². The summed E-state index contributed by atoms with van der Waals surface area (Å²) >= 11 is 0. The number of halogens is 3. The monoisotopic (exact) mass is 235 g/mol. The maximum Gasteiger partial charge on any atom is 0.416 e. The Hall–Kier alpha value is -0.930. The Morgan fingerprint density at radius 2 is 1.81 bits per heavy atom. The number of hydrogen-bond donors (Lipinski definition) is 0. The first kappa shape index (κ1) is 15.1. The van der Waals surface area contributed by atoms with Crippen LogP contribution < -0.4 is 0 Å². The first-order valence-electron chi connectivity index (χ1n) is 5.37. The average molecular weight is 235 g/mol. The number of alkyl halides is 3. The maximum atomic E-state index is 12.7. The van der Waals surface area contributed by atoms with Gasteiger partial charge in [0, 0.05) is 13.1 Å². The van der Waals surface area contributed by atoms with Gasteiger partial charge in [0.05, 0.1) is 5.57 Å². The second kappa shape index (κ2) is 5.97. The standard InChI is InChI=1S/C12H20F3N/c1-6-10(4)11(12(13,14)15)7-8-16(5)9(2)3/h7-9H,6H2,1-5H3/b8-7-,11-10-. The van der Waals surface area contributed by atoms with Crippen molar-refractivity contribution in [2.24, 2.45) is 0 Å². The molecule has 0 aliphatic carbocycles. The van der Waals surface area contributed by atoms with Gasteiger partial charge in [0.1, 0.15) is 0 Å². The van der Waals surface area contributed by atoms with E-state index in [0.717, 1.165) is 6.08 Å². The van der Waals surface area contributed by atoms with Gasteiger partial charge in [-0.1, -0.05) is 12.5 Å². The van der Waals surface area contributed by atoms with E-state index in [4.69, 9.17) is 0 Å². The number of nitrogens with zero attached hydrogens (tertiary/aromatic N) is 1. The highest BCUT2D eigenvalue weighted by atomic mass is 19.4. The minimum Gasteiger partial charge on any atom is -0.378 e. The molecule has 0 saturated heterocycles. The predicted octanol–water partition coefficient (Wildman–Crippen LogP) is 4.13. The van der Waals surface area contributed by atoms with Crippen molar-refractivity contribution < 1.29 is 13.2 Å². The Kier molecular flexibility index (Phi) is 5.62. The van der Waals surface area contributed by atoms with Crippen LogP contribution in [0.1, 0.15) is 34.1 Å². The van der Waals surface area contributed by atoms with Crippen LogP contribution in [0.25, 0.3) is 0 Å². The molecule has 0 spiro atoms. The van der Waals surface area contributed by atoms with Gasteiger partial charge in [0.15, 0.2) is 0 Å². The smallest absolute Gasteiger partial charge is 0.378 e. The van der Waals surface area contributed by atoms with E-state index in [0.29, 0.717) is 12.0 Å². The van der Waals surface area contributed by atoms with Crippen molar-refractivity contribution in [3.05, 3.63) is 23.4 Å². The normalized spacial score (nSPS) is 14.6. The highest BCUT2D eigenvalue weighted by Crippen LogP contribution is 2.30. The third-order valence-corrected chi connectivity index (χ3v) is 2.59. The second-order valence-electron chi connectivity index (χ2n) is 4.12. The van der Waals surface area contributed by atoms with Crippen LogP contribution in [0.3, 0.4) is 0 Å². The molecule has 0 amide bonds. The zero-order chi connectivity index (χ0) is 12.9. The summed E-state index contributed by atoms with van der Waals surface area (Å²) in [6, 6.07) is 0.188. The zero-order valence-electron chi connectivity index (χ0n) is 10.5. The van der Waals surface area contributed by atoms with Crippen molar-refractivity contribution in [2.75, 3.05) is 7.05 Å². The predicted molar refractivity (Wildman–Crippen MR) is 61.1 cm³/mol. The van der Waals surface area contributed by atoms with E-state index >= 15 is 0 Å². The molecule has 0 aromatic heterocycles. The van der Waals surface area contributed by atoms with Gasteiger partial charge in [-0.3, -0.25) is 0 Å². The highest BCUT2D eigenvalue weighted by Gasteiger charge is 2.33. The molecule has 0 aliphatic rings. The summed E-state index contributed by atoms with van der Waals surface area (Å²) in [6.45, 7) is 7.09. The molecule has 0 atom stereocenters. The molecule has 0 unspecified atom stereocenters. The molecule has 0 saturated carbocycles. The van der Waals surface area contributed by atoms with Crippen LogP contribution in [0, 0.1) is 0 Å². The molecule has 0 aliphatic heterocycles. The lowest BCUT2D eigenvalue weighted by molar-refractivity contribution is -0.0891. The summed E-state index contributed by atoms with van der Waals surface area (Å²) in [6.07, 6.45) is -1.23. The second-order valence-corrected chi connectivity index (χ2v) is 4.12. The summed E-state index contributed by atoms with van der Waals surface area (Å²) in [7, 11) is 1.76. The Morgan fingerprint density at radius 3 is 2.12 bits per heavy atom. The van der Waals surface area contributed by atoms with E-state index in [1.807, 2.05) is 13.8 Å². The van der Waals surface area contributed by atoms with Gasteiger partial charge in [-0.2, -0.15) is 13.2 Å². The average Bonchev–Trinajstić information content (AvgIpc) is 2.14. The van der Waals surface area contributed by atoms with Crippen molar-refractivity contribution in [3.8, 4) is 0 Å². The van der Waals surface area contributed by atoms with Crippen molar-refractivity contribution in [2.45, 2.75) is 46.3 Å². The molecule has 0 aromatic rings. The van der Waals surface area contributed by atoms with Gasteiger partial charge in [0.25, 0.3) is 0 Å². The lowest BCUT2D eigenvalue weighted by Gasteiger charge is -2.19. The van der Waals surface area contributed by atoms with Crippen LogP contribution in [0.15, 0.2) is 23.4 Å². The van der Waals surface area contributed by atoms with Crippen molar-refractivity contribution >= 4 is 0 Å². The van der Waals surface area contributed by atoms with E-state index in [-0.39, 0.29) is 6.04 Å². The van der Waals surface area contributed by atoms with Crippen LogP contribution in [0.4, 0.5) is 13.2 Å². The topological polar surface area (TPSA) is 3.24 Å². The van der Waals surface area contributed by atoms with Gasteiger partial charge in [-0.15, -0.1) is 0 Å². The first-order chi connectivity index (χ1) is 7.20. The first-order valence-corrected chi connectivity index (χ1v) is 5.37. The van der Waals surface area contributed by atoms with E-state index in [2.05, 4.69) is 0 Å². The summed E-state index contributed by atoms with van der Waals surface area (Å²) in [4.78, 5) is 1.74. The summed E-state index contributed by atoms with van der Waals surface area (Å²) < 4.78 is 38.0. The molecule has 0 radical (unpaired) electrons. The van der Waals surface area contributed by atoms with Gasteiger partial charge >= 0.3 is 6.18 Å². The molecule has 0 aromatic carbocycles. The molecular formula is C12H20F3N. The molecule has 4 heteroatoms. The van der Waals surface area contributed by atoms with Crippen LogP contribution in [-0.2, 0) is 0 Å². The third-order valence-electron chi connectivity index (χ3n) is 2.59. The molecule has 94 valence electrons. The van der Waals surface area contributed by atoms with E-state index in [1.165, 1.54) is 13.1 Å². The lowest BCUT2D eigenvalue weighted by Crippen LogP contribution is -2.20. The fourth-order valence-electron chi connectivity index (χ4n) is 1.03. The van der Waals surface area contributed by atoms with E-state index < -0.39 is 11.7 Å². The zero-order valence-corrected chi connectivity index (χ0v) is 10.5. The minimum absolute atomic E-state index is 0.188. The number of allylic oxidation sites excluding steroid dienone is 3. The molecule has 16 heavy (non-hydrogen) atoms. The molecule has 1 nitrogen and oxygen atoms in total. The van der Waals surface area contributed by atoms with Crippen LogP contribution in [0.5, 0.6) is 0 Å². The molecule has 0 N–H and O–H groups in total. The Bertz CT molecular complexity index is 274. The van der Waals surface area contributed by atoms with Crippen LogP contribution in [0.2, 0.25) is 0 Å². The van der Waals surface area contributed by atoms with Crippen LogP contribution >= 0.6 is 0 Å². The Labute approximate surface area is 95.6 Å². The summed E-state index contributed by atoms with van der Waals surface area (Å²) in [5, 5.41) is 0. The molecule has 0 bridgehead atoms. The van der Waals surface area contributed by atoms with Crippen molar-refractivity contribution in [3.63, 3.8) is 0 Å². The van der Waals surface area contributed by atoms with Crippen molar-refractivity contribution in [1.82, 2.24) is 4.90 Å². The molecule has 0 heterocycles. The van der Waals surface area contributed by atoms with Gasteiger partial charge < -0.3 is 4.90 Å². The van der Waals surface area contributed by atoms with Crippen LogP contribution in [-0.4, -0.2) is 24.2 Å². The Balaban J connectivity index is 4.99. The largest absolute Gasteiger partial charge is 0.416 e. The van der Waals surface area contributed by atoms with Gasteiger partial charge in [0.2, 0.25) is 0 Å². The third kappa shape index (κ3) is 4.73. The minimum atomic E-state index is -4.27. The SMILES string of the molecule is CC/C(C)=C(/C=C\N(C)C(C)C)C(F)(F)F. The number of hydrogen-bond acceptors (Lipinski definition) is 1. The molecule has 0 rings (SSSR count). The highest BCUT2D eigenvalue weighted by molar-refractivity contribution is 5.28. The number of rotatable bonds is 4. The molecular weight excluding hydrogens is 215 g/mol.